The molecule has 2 aromatic rings. The number of anilines is 2. The topological polar surface area (TPSA) is 41.1 Å². The molecule has 0 aliphatic heterocycles. The molecule has 0 heterocycles. The molecule has 0 radical (unpaired) electrons. The minimum atomic E-state index is -0.344. The Morgan fingerprint density at radius 1 is 1.25 bits per heavy atom. The van der Waals surface area contributed by atoms with Crippen molar-refractivity contribution >= 4 is 28.9 Å². The van der Waals surface area contributed by atoms with Crippen molar-refractivity contribution in [1.82, 2.24) is 0 Å². The van der Waals surface area contributed by atoms with Crippen LogP contribution in [0.4, 0.5) is 15.8 Å². The molecule has 0 aliphatic carbocycles. The van der Waals surface area contributed by atoms with Crippen molar-refractivity contribution in [2.45, 2.75) is 6.92 Å². The molecule has 2 N–H and O–H groups in total. The number of rotatable bonds is 4. The molecule has 104 valence electrons. The van der Waals surface area contributed by atoms with Crippen LogP contribution in [0, 0.1) is 12.7 Å². The van der Waals surface area contributed by atoms with Crippen LogP contribution in [0.2, 0.25) is 5.02 Å². The first-order valence-electron chi connectivity index (χ1n) is 6.10. The summed E-state index contributed by atoms with van der Waals surface area (Å²) in [5.74, 6) is -0.552. The standard InChI is InChI=1S/C15H14ClFN2O/c1-10-7-11(16)5-6-14(10)19-15(20)9-18-13-4-2-3-12(17)8-13/h2-8,18H,9H2,1H3,(H,19,20). The summed E-state index contributed by atoms with van der Waals surface area (Å²) in [7, 11) is 0. The van der Waals surface area contributed by atoms with Crippen molar-refractivity contribution in [3.05, 3.63) is 58.9 Å². The normalized spacial score (nSPS) is 10.2. The van der Waals surface area contributed by atoms with Crippen LogP contribution in [0.3, 0.4) is 0 Å². The second-order valence-corrected chi connectivity index (χ2v) is 4.81. The molecule has 3 nitrogen and oxygen atoms in total. The lowest BCUT2D eigenvalue weighted by Gasteiger charge is -2.10. The van der Waals surface area contributed by atoms with Gasteiger partial charge in [-0.05, 0) is 48.9 Å². The van der Waals surface area contributed by atoms with E-state index >= 15 is 0 Å². The van der Waals surface area contributed by atoms with Crippen molar-refractivity contribution < 1.29 is 9.18 Å². The summed E-state index contributed by atoms with van der Waals surface area (Å²) in [5, 5.41) is 6.25. The maximum atomic E-state index is 13.0. The van der Waals surface area contributed by atoms with Gasteiger partial charge in [-0.25, -0.2) is 4.39 Å². The van der Waals surface area contributed by atoms with Gasteiger partial charge in [-0.15, -0.1) is 0 Å². The number of nitrogens with one attached hydrogen (secondary N) is 2. The zero-order chi connectivity index (χ0) is 14.5. The Kier molecular flexibility index (Phi) is 4.58. The van der Waals surface area contributed by atoms with Crippen LogP contribution in [0.15, 0.2) is 42.5 Å². The summed E-state index contributed by atoms with van der Waals surface area (Å²) >= 11 is 5.85. The van der Waals surface area contributed by atoms with Crippen molar-refractivity contribution in [3.63, 3.8) is 0 Å². The maximum Gasteiger partial charge on any atom is 0.243 e. The van der Waals surface area contributed by atoms with Crippen LogP contribution in [0.25, 0.3) is 0 Å². The Hall–Kier alpha value is -2.07. The number of carbonyl (C=O) groups excluding carboxylic acids is 1. The summed E-state index contributed by atoms with van der Waals surface area (Å²) in [6, 6.07) is 11.2. The average Bonchev–Trinajstić information content (AvgIpc) is 2.40. The third-order valence-corrected chi connectivity index (χ3v) is 2.98. The lowest BCUT2D eigenvalue weighted by molar-refractivity contribution is -0.114. The number of amides is 1. The largest absolute Gasteiger partial charge is 0.376 e. The van der Waals surface area contributed by atoms with Gasteiger partial charge < -0.3 is 10.6 Å². The Balaban J connectivity index is 1.92. The second-order valence-electron chi connectivity index (χ2n) is 4.37. The first kappa shape index (κ1) is 14.3. The van der Waals surface area contributed by atoms with E-state index in [0.29, 0.717) is 16.4 Å². The van der Waals surface area contributed by atoms with Crippen LogP contribution in [-0.2, 0) is 4.79 Å². The number of benzene rings is 2. The van der Waals surface area contributed by atoms with Gasteiger partial charge in [0.15, 0.2) is 0 Å². The minimum Gasteiger partial charge on any atom is -0.376 e. The number of halogens is 2. The summed E-state index contributed by atoms with van der Waals surface area (Å²) in [4.78, 5) is 11.8. The van der Waals surface area contributed by atoms with Crippen LogP contribution >= 0.6 is 11.6 Å². The van der Waals surface area contributed by atoms with Crippen LogP contribution in [0.1, 0.15) is 5.56 Å². The van der Waals surface area contributed by atoms with Crippen molar-refractivity contribution in [1.29, 1.82) is 0 Å². The highest BCUT2D eigenvalue weighted by Crippen LogP contribution is 2.19. The molecule has 0 fully saturated rings. The molecule has 0 atom stereocenters. The molecule has 0 aliphatic rings. The van der Waals surface area contributed by atoms with Crippen LogP contribution in [-0.4, -0.2) is 12.5 Å². The van der Waals surface area contributed by atoms with Gasteiger partial charge >= 0.3 is 0 Å². The molecule has 20 heavy (non-hydrogen) atoms. The predicted molar refractivity (Wildman–Crippen MR) is 79.7 cm³/mol. The molecule has 1 amide bonds. The van der Waals surface area contributed by atoms with E-state index in [-0.39, 0.29) is 18.3 Å². The first-order chi connectivity index (χ1) is 9.54. The minimum absolute atomic E-state index is 0.0610. The third-order valence-electron chi connectivity index (χ3n) is 2.74. The Bertz CT molecular complexity index is 631. The molecule has 2 rings (SSSR count). The van der Waals surface area contributed by atoms with E-state index in [9.17, 15) is 9.18 Å². The van der Waals surface area contributed by atoms with Gasteiger partial charge in [0.1, 0.15) is 5.82 Å². The smallest absolute Gasteiger partial charge is 0.243 e. The molecule has 0 bridgehead atoms. The highest BCUT2D eigenvalue weighted by molar-refractivity contribution is 6.30. The van der Waals surface area contributed by atoms with Gasteiger partial charge in [-0.2, -0.15) is 0 Å². The summed E-state index contributed by atoms with van der Waals surface area (Å²) in [6.07, 6.45) is 0. The lowest BCUT2D eigenvalue weighted by atomic mass is 10.2. The van der Waals surface area contributed by atoms with Gasteiger partial charge in [0.05, 0.1) is 6.54 Å². The van der Waals surface area contributed by atoms with Crippen molar-refractivity contribution in [3.8, 4) is 0 Å². The molecule has 2 aromatic carbocycles. The van der Waals surface area contributed by atoms with E-state index in [1.165, 1.54) is 12.1 Å². The van der Waals surface area contributed by atoms with Gasteiger partial charge in [-0.1, -0.05) is 17.7 Å². The van der Waals surface area contributed by atoms with E-state index in [2.05, 4.69) is 10.6 Å². The van der Waals surface area contributed by atoms with E-state index in [1.807, 2.05) is 6.92 Å². The zero-order valence-electron chi connectivity index (χ0n) is 10.9. The number of carbonyl (C=O) groups is 1. The molecular formula is C15H14ClFN2O. The Morgan fingerprint density at radius 3 is 2.75 bits per heavy atom. The Labute approximate surface area is 121 Å². The van der Waals surface area contributed by atoms with E-state index in [0.717, 1.165) is 5.56 Å². The van der Waals surface area contributed by atoms with Gasteiger partial charge in [0.2, 0.25) is 5.91 Å². The number of hydrogen-bond donors (Lipinski definition) is 2. The summed E-state index contributed by atoms with van der Waals surface area (Å²) in [5.41, 5.74) is 2.16. The molecule has 0 aromatic heterocycles. The fraction of sp³-hybridized carbons (Fsp3) is 0.133. The highest BCUT2D eigenvalue weighted by atomic mass is 35.5. The van der Waals surface area contributed by atoms with Gasteiger partial charge in [-0.3, -0.25) is 4.79 Å². The zero-order valence-corrected chi connectivity index (χ0v) is 11.7. The monoisotopic (exact) mass is 292 g/mol. The average molecular weight is 293 g/mol. The molecule has 0 spiro atoms. The van der Waals surface area contributed by atoms with E-state index in [1.54, 1.807) is 30.3 Å². The van der Waals surface area contributed by atoms with E-state index < -0.39 is 0 Å². The second kappa shape index (κ2) is 6.39. The molecule has 0 saturated carbocycles. The fourth-order valence-corrected chi connectivity index (χ4v) is 1.97. The van der Waals surface area contributed by atoms with Gasteiger partial charge in [0, 0.05) is 16.4 Å². The summed E-state index contributed by atoms with van der Waals surface area (Å²) in [6.45, 7) is 1.92. The van der Waals surface area contributed by atoms with Crippen molar-refractivity contribution in [2.75, 3.05) is 17.2 Å². The number of aryl methyl sites for hydroxylation is 1. The highest BCUT2D eigenvalue weighted by Gasteiger charge is 2.05. The maximum absolute atomic E-state index is 13.0. The quantitative estimate of drug-likeness (QED) is 0.899. The predicted octanol–water partition coefficient (Wildman–Crippen LogP) is 3.84. The SMILES string of the molecule is Cc1cc(Cl)ccc1NC(=O)CNc1cccc(F)c1. The molecule has 0 saturated heterocycles. The molecule has 0 unspecified atom stereocenters. The summed E-state index contributed by atoms with van der Waals surface area (Å²) < 4.78 is 13.0. The van der Waals surface area contributed by atoms with E-state index in [4.69, 9.17) is 11.6 Å². The molecular weight excluding hydrogens is 279 g/mol. The number of hydrogen-bond acceptors (Lipinski definition) is 2. The first-order valence-corrected chi connectivity index (χ1v) is 6.48. The molecule has 5 heteroatoms. The van der Waals surface area contributed by atoms with Crippen LogP contribution < -0.4 is 10.6 Å². The third kappa shape index (κ3) is 3.96. The lowest BCUT2D eigenvalue weighted by Crippen LogP contribution is -2.22. The van der Waals surface area contributed by atoms with Crippen LogP contribution in [0.5, 0.6) is 0 Å². The Morgan fingerprint density at radius 2 is 2.05 bits per heavy atom. The van der Waals surface area contributed by atoms with Crippen molar-refractivity contribution in [2.24, 2.45) is 0 Å². The fourth-order valence-electron chi connectivity index (χ4n) is 1.74. The van der Waals surface area contributed by atoms with Gasteiger partial charge in [0.25, 0.3) is 0 Å².